The molecule has 26 heavy (non-hydrogen) atoms. The highest BCUT2D eigenvalue weighted by Crippen LogP contribution is 2.20. The molecule has 0 aliphatic carbocycles. The van der Waals surface area contributed by atoms with E-state index in [-0.39, 0.29) is 0 Å². The molecule has 0 spiro atoms. The maximum Gasteiger partial charge on any atom is -0.0276 e. The zero-order valence-corrected chi connectivity index (χ0v) is 18.3. The largest absolute Gasteiger partial charge is 0.106 e. The molecule has 1 rings (SSSR count). The summed E-state index contributed by atoms with van der Waals surface area (Å²) >= 11 is 0. The molecule has 0 aliphatic rings. The third kappa shape index (κ3) is 12.3. The van der Waals surface area contributed by atoms with Gasteiger partial charge in [0.15, 0.2) is 0 Å². The van der Waals surface area contributed by atoms with Gasteiger partial charge in [-0.15, -0.1) is 13.2 Å². The van der Waals surface area contributed by atoms with E-state index in [4.69, 9.17) is 0 Å². The molecule has 0 N–H and O–H groups in total. The molecule has 1 aromatic carbocycles. The highest BCUT2D eigenvalue weighted by atomic mass is 14.1. The van der Waals surface area contributed by atoms with E-state index in [0.29, 0.717) is 0 Å². The van der Waals surface area contributed by atoms with E-state index in [9.17, 15) is 0 Å². The Morgan fingerprint density at radius 3 is 1.50 bits per heavy atom. The van der Waals surface area contributed by atoms with Gasteiger partial charge in [-0.2, -0.15) is 0 Å². The summed E-state index contributed by atoms with van der Waals surface area (Å²) in [5.74, 6) is 0. The van der Waals surface area contributed by atoms with Gasteiger partial charge in [0.2, 0.25) is 0 Å². The van der Waals surface area contributed by atoms with Crippen molar-refractivity contribution in [2.24, 2.45) is 0 Å². The maximum atomic E-state index is 3.00. The summed E-state index contributed by atoms with van der Waals surface area (Å²) in [6.45, 7) is 12.9. The van der Waals surface area contributed by atoms with Gasteiger partial charge in [0.25, 0.3) is 0 Å². The van der Waals surface area contributed by atoms with Crippen LogP contribution in [0.25, 0.3) is 0 Å². The Bertz CT molecular complexity index is 418. The smallest absolute Gasteiger partial charge is 0.0276 e. The summed E-state index contributed by atoms with van der Waals surface area (Å²) in [5.41, 5.74) is 4.88. The highest BCUT2D eigenvalue weighted by Gasteiger charge is 2.05. The van der Waals surface area contributed by atoms with Crippen LogP contribution >= 0.6 is 0 Å². The predicted molar refractivity (Wildman–Crippen MR) is 121 cm³/mol. The molecule has 0 aromatic heterocycles. The zero-order chi connectivity index (χ0) is 19.5. The van der Waals surface area contributed by atoms with Gasteiger partial charge in [0, 0.05) is 0 Å². The van der Waals surface area contributed by atoms with Crippen molar-refractivity contribution in [1.29, 1.82) is 0 Å². The third-order valence-corrected chi connectivity index (χ3v) is 5.19. The average Bonchev–Trinajstić information content (AvgIpc) is 2.68. The minimum absolute atomic E-state index is 1.28. The van der Waals surface area contributed by atoms with Gasteiger partial charge in [0.05, 0.1) is 0 Å². The molecule has 0 radical (unpaired) electrons. The Balaban J connectivity index is 0.00000301. The normalized spacial score (nSPS) is 10.4. The minimum Gasteiger partial charge on any atom is -0.106 e. The second kappa shape index (κ2) is 18.7. The summed E-state index contributed by atoms with van der Waals surface area (Å²) in [6.07, 6.45) is 20.3. The van der Waals surface area contributed by atoms with Crippen LogP contribution in [0.4, 0.5) is 0 Å². The molecule has 0 saturated heterocycles. The lowest BCUT2D eigenvalue weighted by Gasteiger charge is -2.12. The Morgan fingerprint density at radius 2 is 1.00 bits per heavy atom. The first kappa shape index (κ1) is 25.0. The molecule has 0 amide bonds. The third-order valence-electron chi connectivity index (χ3n) is 5.19. The van der Waals surface area contributed by atoms with Gasteiger partial charge < -0.3 is 0 Å². The van der Waals surface area contributed by atoms with E-state index in [0.717, 1.165) is 0 Å². The molecule has 0 atom stereocenters. The first-order valence-electron chi connectivity index (χ1n) is 11.4. The van der Waals surface area contributed by atoms with Crippen molar-refractivity contribution in [2.45, 2.75) is 117 Å². The molecule has 0 aliphatic heterocycles. The van der Waals surface area contributed by atoms with E-state index in [1.54, 1.807) is 16.7 Å². The molecule has 0 bridgehead atoms. The monoisotopic (exact) mass is 358 g/mol. The molecule has 0 nitrogen and oxygen atoms in total. The van der Waals surface area contributed by atoms with Gasteiger partial charge in [-0.3, -0.25) is 0 Å². The van der Waals surface area contributed by atoms with E-state index in [2.05, 4.69) is 52.1 Å². The lowest BCUT2D eigenvalue weighted by Crippen LogP contribution is -1.98. The van der Waals surface area contributed by atoms with Crippen LogP contribution in [0.15, 0.2) is 31.4 Å². The van der Waals surface area contributed by atoms with Crippen molar-refractivity contribution in [2.75, 3.05) is 0 Å². The predicted octanol–water partition coefficient (Wildman–Crippen LogP) is 8.86. The second-order valence-corrected chi connectivity index (χ2v) is 7.54. The van der Waals surface area contributed by atoms with Crippen LogP contribution in [-0.4, -0.2) is 0 Å². The number of rotatable bonds is 15. The highest BCUT2D eigenvalue weighted by molar-refractivity contribution is 5.32. The van der Waals surface area contributed by atoms with Gasteiger partial charge in [-0.25, -0.2) is 0 Å². The standard InChI is InChI=1S/C24H42.C2H4/c1-4-7-10-13-16-22-19-20-23(17-14-11-8-5-2)24(21-22)18-15-12-9-6-3;1-2/h19-21H,4-18H2,1-3H3;1-2H2. The minimum atomic E-state index is 1.28. The fourth-order valence-electron chi connectivity index (χ4n) is 3.55. The SMILES string of the molecule is C=C.CCCCCCc1ccc(CCCCCC)c(CCCCCC)c1. The molecule has 0 fully saturated rings. The average molecular weight is 359 g/mol. The van der Waals surface area contributed by atoms with E-state index in [1.807, 2.05) is 0 Å². The summed E-state index contributed by atoms with van der Waals surface area (Å²) in [7, 11) is 0. The van der Waals surface area contributed by atoms with Crippen LogP contribution in [-0.2, 0) is 19.3 Å². The van der Waals surface area contributed by atoms with Crippen LogP contribution in [0.5, 0.6) is 0 Å². The molecular formula is C26H46. The molecule has 0 unspecified atom stereocenters. The first-order valence-corrected chi connectivity index (χ1v) is 11.4. The van der Waals surface area contributed by atoms with E-state index >= 15 is 0 Å². The fraction of sp³-hybridized carbons (Fsp3) is 0.692. The van der Waals surface area contributed by atoms with Crippen molar-refractivity contribution in [1.82, 2.24) is 0 Å². The van der Waals surface area contributed by atoms with Crippen LogP contribution in [0.3, 0.4) is 0 Å². The molecule has 0 heterocycles. The molecule has 150 valence electrons. The van der Waals surface area contributed by atoms with Gasteiger partial charge in [0.1, 0.15) is 0 Å². The van der Waals surface area contributed by atoms with Gasteiger partial charge in [-0.1, -0.05) is 96.8 Å². The Morgan fingerprint density at radius 1 is 0.538 bits per heavy atom. The number of benzene rings is 1. The number of aryl methyl sites for hydroxylation is 3. The summed E-state index contributed by atoms with van der Waals surface area (Å²) in [6, 6.07) is 7.42. The maximum absolute atomic E-state index is 3.00. The fourth-order valence-corrected chi connectivity index (χ4v) is 3.55. The first-order chi connectivity index (χ1) is 12.8. The lowest BCUT2D eigenvalue weighted by molar-refractivity contribution is 0.648. The summed E-state index contributed by atoms with van der Waals surface area (Å²) in [4.78, 5) is 0. The van der Waals surface area contributed by atoms with Crippen molar-refractivity contribution < 1.29 is 0 Å². The number of unbranched alkanes of at least 4 members (excludes halogenated alkanes) is 9. The van der Waals surface area contributed by atoms with Crippen molar-refractivity contribution in [3.63, 3.8) is 0 Å². The Kier molecular flexibility index (Phi) is 18.0. The van der Waals surface area contributed by atoms with Gasteiger partial charge >= 0.3 is 0 Å². The van der Waals surface area contributed by atoms with Crippen LogP contribution in [0.2, 0.25) is 0 Å². The summed E-state index contributed by atoms with van der Waals surface area (Å²) < 4.78 is 0. The van der Waals surface area contributed by atoms with Crippen molar-refractivity contribution >= 4 is 0 Å². The zero-order valence-electron chi connectivity index (χ0n) is 18.3. The van der Waals surface area contributed by atoms with E-state index < -0.39 is 0 Å². The molecule has 0 saturated carbocycles. The summed E-state index contributed by atoms with van der Waals surface area (Å²) in [5, 5.41) is 0. The Labute approximate surface area is 165 Å². The van der Waals surface area contributed by atoms with Crippen LogP contribution < -0.4 is 0 Å². The van der Waals surface area contributed by atoms with Crippen molar-refractivity contribution in [3.05, 3.63) is 48.0 Å². The van der Waals surface area contributed by atoms with Gasteiger partial charge in [-0.05, 0) is 55.2 Å². The lowest BCUT2D eigenvalue weighted by atomic mass is 9.93. The molecule has 1 aromatic rings. The second-order valence-electron chi connectivity index (χ2n) is 7.54. The van der Waals surface area contributed by atoms with E-state index in [1.165, 1.54) is 96.3 Å². The quantitative estimate of drug-likeness (QED) is 0.217. The molecule has 0 heteroatoms. The Hall–Kier alpha value is -1.04. The number of hydrogen-bond donors (Lipinski definition) is 0. The van der Waals surface area contributed by atoms with Crippen LogP contribution in [0.1, 0.15) is 115 Å². The van der Waals surface area contributed by atoms with Crippen LogP contribution in [0, 0.1) is 0 Å². The number of hydrogen-bond acceptors (Lipinski definition) is 0. The topological polar surface area (TPSA) is 0 Å². The molecular weight excluding hydrogens is 312 g/mol. The van der Waals surface area contributed by atoms with Crippen molar-refractivity contribution in [3.8, 4) is 0 Å².